The normalized spacial score (nSPS) is 15.5. The topological polar surface area (TPSA) is 32.3 Å². The molecule has 1 aliphatic rings. The van der Waals surface area contributed by atoms with Crippen LogP contribution in [-0.4, -0.2) is 5.11 Å². The summed E-state index contributed by atoms with van der Waals surface area (Å²) in [4.78, 5) is 0. The maximum absolute atomic E-state index is 9.81. The minimum atomic E-state index is 0.289. The zero-order valence-electron chi connectivity index (χ0n) is 12.6. The van der Waals surface area contributed by atoms with E-state index in [4.69, 9.17) is 0 Å². The first-order valence-corrected chi connectivity index (χ1v) is 7.86. The molecule has 0 unspecified atom stereocenters. The molecule has 3 rings (SSSR count). The van der Waals surface area contributed by atoms with Gasteiger partial charge in [0.15, 0.2) is 0 Å². The summed E-state index contributed by atoms with van der Waals surface area (Å²) in [6.45, 7) is 2.87. The first-order chi connectivity index (χ1) is 10.2. The molecule has 2 N–H and O–H groups in total. The second kappa shape index (κ2) is 6.31. The fourth-order valence-corrected chi connectivity index (χ4v) is 3.06. The molecule has 0 heterocycles. The van der Waals surface area contributed by atoms with Crippen molar-refractivity contribution in [3.63, 3.8) is 0 Å². The first-order valence-electron chi connectivity index (χ1n) is 7.86. The summed E-state index contributed by atoms with van der Waals surface area (Å²) in [7, 11) is 0. The third kappa shape index (κ3) is 3.27. The molecule has 0 saturated heterocycles. The summed E-state index contributed by atoms with van der Waals surface area (Å²) in [5.74, 6) is 0.364. The quantitative estimate of drug-likeness (QED) is 0.883. The molecule has 0 saturated carbocycles. The van der Waals surface area contributed by atoms with Gasteiger partial charge in [0.05, 0.1) is 0 Å². The van der Waals surface area contributed by atoms with E-state index < -0.39 is 0 Å². The van der Waals surface area contributed by atoms with Crippen LogP contribution in [0.2, 0.25) is 0 Å². The lowest BCUT2D eigenvalue weighted by molar-refractivity contribution is 0.460. The van der Waals surface area contributed by atoms with Crippen LogP contribution in [0.15, 0.2) is 42.5 Å². The summed E-state index contributed by atoms with van der Waals surface area (Å²) >= 11 is 0. The number of hydrogen-bond donors (Lipinski definition) is 2. The maximum atomic E-state index is 9.81. The van der Waals surface area contributed by atoms with Crippen LogP contribution >= 0.6 is 0 Å². The molecule has 0 spiro atoms. The Bertz CT molecular complexity index is 621. The van der Waals surface area contributed by atoms with Crippen molar-refractivity contribution >= 4 is 0 Å². The molecule has 2 heteroatoms. The first kappa shape index (κ1) is 14.2. The van der Waals surface area contributed by atoms with Gasteiger partial charge in [-0.3, -0.25) is 0 Å². The van der Waals surface area contributed by atoms with Gasteiger partial charge in [-0.1, -0.05) is 36.4 Å². The third-order valence-corrected chi connectivity index (χ3v) is 4.46. The standard InChI is InChI=1S/C19H23NO/c1-14(20-13-18-8-4-5-9-19(18)21)16-11-10-15-6-2-3-7-17(15)12-16/h4-5,8-12,14,20-21H,2-3,6-7,13H2,1H3/t14-/m1/s1. The molecular weight excluding hydrogens is 258 g/mol. The lowest BCUT2D eigenvalue weighted by Crippen LogP contribution is -2.18. The molecule has 2 aromatic rings. The summed E-state index contributed by atoms with van der Waals surface area (Å²) < 4.78 is 0. The summed E-state index contributed by atoms with van der Waals surface area (Å²) in [6.07, 6.45) is 5.09. The Balaban J connectivity index is 1.68. The van der Waals surface area contributed by atoms with Crippen molar-refractivity contribution in [2.24, 2.45) is 0 Å². The predicted molar refractivity (Wildman–Crippen MR) is 86.4 cm³/mol. The number of nitrogens with one attached hydrogen (secondary N) is 1. The molecule has 0 bridgehead atoms. The van der Waals surface area contributed by atoms with E-state index >= 15 is 0 Å². The molecule has 21 heavy (non-hydrogen) atoms. The average molecular weight is 281 g/mol. The summed E-state index contributed by atoms with van der Waals surface area (Å²) in [6, 6.07) is 14.7. The van der Waals surface area contributed by atoms with Gasteiger partial charge < -0.3 is 10.4 Å². The Labute approximate surface area is 126 Å². The number of phenolic OH excluding ortho intramolecular Hbond substituents is 1. The van der Waals surface area contributed by atoms with Crippen molar-refractivity contribution in [1.82, 2.24) is 5.32 Å². The predicted octanol–water partition coefficient (Wildman–Crippen LogP) is 4.12. The number of phenols is 1. The van der Waals surface area contributed by atoms with E-state index in [9.17, 15) is 5.11 Å². The zero-order valence-corrected chi connectivity index (χ0v) is 12.6. The van der Waals surface area contributed by atoms with Gasteiger partial charge in [0, 0.05) is 18.2 Å². The van der Waals surface area contributed by atoms with Crippen LogP contribution in [0.25, 0.3) is 0 Å². The van der Waals surface area contributed by atoms with Crippen molar-refractivity contribution in [1.29, 1.82) is 0 Å². The van der Waals surface area contributed by atoms with Crippen molar-refractivity contribution in [3.05, 3.63) is 64.7 Å². The monoisotopic (exact) mass is 281 g/mol. The molecule has 2 nitrogen and oxygen atoms in total. The third-order valence-electron chi connectivity index (χ3n) is 4.46. The second-order valence-corrected chi connectivity index (χ2v) is 5.97. The number of rotatable bonds is 4. The van der Waals surface area contributed by atoms with Crippen LogP contribution in [0.3, 0.4) is 0 Å². The van der Waals surface area contributed by atoms with Crippen LogP contribution in [0, 0.1) is 0 Å². The maximum Gasteiger partial charge on any atom is 0.120 e. The van der Waals surface area contributed by atoms with E-state index in [-0.39, 0.29) is 6.04 Å². The highest BCUT2D eigenvalue weighted by molar-refractivity contribution is 5.35. The van der Waals surface area contributed by atoms with Gasteiger partial charge in [-0.05, 0) is 55.4 Å². The second-order valence-electron chi connectivity index (χ2n) is 5.97. The highest BCUT2D eigenvalue weighted by Crippen LogP contribution is 2.25. The van der Waals surface area contributed by atoms with E-state index in [2.05, 4.69) is 30.4 Å². The van der Waals surface area contributed by atoms with Crippen LogP contribution in [0.4, 0.5) is 0 Å². The van der Waals surface area contributed by atoms with Gasteiger partial charge in [-0.2, -0.15) is 0 Å². The molecule has 2 aromatic carbocycles. The fraction of sp³-hybridized carbons (Fsp3) is 0.368. The molecule has 0 fully saturated rings. The van der Waals surface area contributed by atoms with E-state index in [0.29, 0.717) is 12.3 Å². The number of fused-ring (bicyclic) bond motifs is 1. The fourth-order valence-electron chi connectivity index (χ4n) is 3.06. The molecule has 1 aliphatic carbocycles. The number of hydrogen-bond acceptors (Lipinski definition) is 2. The number of aromatic hydroxyl groups is 1. The van der Waals surface area contributed by atoms with E-state index in [1.807, 2.05) is 18.2 Å². The lowest BCUT2D eigenvalue weighted by Gasteiger charge is -2.20. The van der Waals surface area contributed by atoms with Crippen molar-refractivity contribution in [2.45, 2.75) is 45.2 Å². The summed E-state index contributed by atoms with van der Waals surface area (Å²) in [5.41, 5.74) is 5.33. The van der Waals surface area contributed by atoms with E-state index in [1.165, 1.54) is 42.4 Å². The highest BCUT2D eigenvalue weighted by Gasteiger charge is 2.12. The summed E-state index contributed by atoms with van der Waals surface area (Å²) in [5, 5.41) is 13.3. The minimum Gasteiger partial charge on any atom is -0.508 e. The number of benzene rings is 2. The van der Waals surface area contributed by atoms with Gasteiger partial charge in [0.1, 0.15) is 5.75 Å². The van der Waals surface area contributed by atoms with Crippen molar-refractivity contribution in [3.8, 4) is 5.75 Å². The molecular formula is C19H23NO. The smallest absolute Gasteiger partial charge is 0.120 e. The minimum absolute atomic E-state index is 0.289. The van der Waals surface area contributed by atoms with Crippen LogP contribution in [0.5, 0.6) is 5.75 Å². The Hall–Kier alpha value is -1.80. The Morgan fingerprint density at radius 3 is 2.62 bits per heavy atom. The van der Waals surface area contributed by atoms with Crippen LogP contribution in [-0.2, 0) is 19.4 Å². The van der Waals surface area contributed by atoms with Gasteiger partial charge in [-0.15, -0.1) is 0 Å². The molecule has 0 amide bonds. The van der Waals surface area contributed by atoms with Crippen LogP contribution < -0.4 is 5.32 Å². The van der Waals surface area contributed by atoms with E-state index in [0.717, 1.165) is 5.56 Å². The molecule has 0 aliphatic heterocycles. The molecule has 110 valence electrons. The lowest BCUT2D eigenvalue weighted by atomic mass is 9.89. The molecule has 1 atom stereocenters. The number of aryl methyl sites for hydroxylation is 2. The largest absolute Gasteiger partial charge is 0.508 e. The van der Waals surface area contributed by atoms with Gasteiger partial charge in [0.25, 0.3) is 0 Å². The highest BCUT2D eigenvalue weighted by atomic mass is 16.3. The number of para-hydroxylation sites is 1. The average Bonchev–Trinajstić information content (AvgIpc) is 2.53. The Morgan fingerprint density at radius 2 is 1.81 bits per heavy atom. The Kier molecular flexibility index (Phi) is 4.26. The van der Waals surface area contributed by atoms with Gasteiger partial charge in [-0.25, -0.2) is 0 Å². The Morgan fingerprint density at radius 1 is 1.05 bits per heavy atom. The van der Waals surface area contributed by atoms with Gasteiger partial charge >= 0.3 is 0 Å². The van der Waals surface area contributed by atoms with Gasteiger partial charge in [0.2, 0.25) is 0 Å². The zero-order chi connectivity index (χ0) is 14.7. The van der Waals surface area contributed by atoms with E-state index in [1.54, 1.807) is 6.07 Å². The molecule has 0 aromatic heterocycles. The SMILES string of the molecule is C[C@@H](NCc1ccccc1O)c1ccc2c(c1)CCCC2. The van der Waals surface area contributed by atoms with Crippen molar-refractivity contribution < 1.29 is 5.11 Å². The molecule has 0 radical (unpaired) electrons. The van der Waals surface area contributed by atoms with Crippen molar-refractivity contribution in [2.75, 3.05) is 0 Å². The van der Waals surface area contributed by atoms with Crippen LogP contribution in [0.1, 0.15) is 48.1 Å².